The third kappa shape index (κ3) is 21.6. The number of amides is 7. The highest BCUT2D eigenvalue weighted by molar-refractivity contribution is 6.14. The van der Waals surface area contributed by atoms with Crippen molar-refractivity contribution >= 4 is 201 Å². The molecule has 736 valence electrons. The molecule has 22 rings (SSSR count). The number of rotatable bonds is 18. The van der Waals surface area contributed by atoms with E-state index in [1.807, 2.05) is 98.9 Å². The van der Waals surface area contributed by atoms with Crippen molar-refractivity contribution in [3.8, 4) is 0 Å². The molecular weight excluding hydrogens is 1790 g/mol. The molecular formula is C117H129F3N14O8. The van der Waals surface area contributed by atoms with Gasteiger partial charge in [-0.05, 0) is 300 Å². The summed E-state index contributed by atoms with van der Waals surface area (Å²) in [6.07, 6.45) is 12.0. The molecule has 22 nitrogen and oxygen atoms in total. The van der Waals surface area contributed by atoms with Crippen molar-refractivity contribution in [3.05, 3.63) is 258 Å². The van der Waals surface area contributed by atoms with Crippen LogP contribution in [0.25, 0.3) is 120 Å². The van der Waals surface area contributed by atoms with Gasteiger partial charge in [0.1, 0.15) is 6.61 Å². The fraction of sp³-hybridized carbons (Fsp3) is 0.325. The number of nitrogens with zero attached hydrogens (tertiary/aromatic N) is 7. The largest absolute Gasteiger partial charge is 0.471 e. The van der Waals surface area contributed by atoms with Crippen LogP contribution in [0.4, 0.5) is 53.0 Å². The van der Waals surface area contributed by atoms with Crippen molar-refractivity contribution in [2.45, 2.75) is 225 Å². The first-order valence-corrected chi connectivity index (χ1v) is 50.2. The second kappa shape index (κ2) is 44.4. The number of hydrogen-bond donors (Lipinski definition) is 7. The normalized spacial score (nSPS) is 13.2. The summed E-state index contributed by atoms with van der Waals surface area (Å²) in [4.78, 5) is 80.0. The Morgan fingerprint density at radius 2 is 0.570 bits per heavy atom. The number of ether oxygens (including phenoxy) is 1. The van der Waals surface area contributed by atoms with Gasteiger partial charge < -0.3 is 73.9 Å². The Balaban J connectivity index is 0.000000119. The summed E-state index contributed by atoms with van der Waals surface area (Å²) < 4.78 is 58.2. The number of nitrogens with one attached hydrogen (secondary N) is 7. The molecule has 142 heavy (non-hydrogen) atoms. The fourth-order valence-corrected chi connectivity index (χ4v) is 21.1. The van der Waals surface area contributed by atoms with Gasteiger partial charge in [0.05, 0.1) is 0 Å². The van der Waals surface area contributed by atoms with Gasteiger partial charge in [-0.15, -0.1) is 0 Å². The molecule has 0 bridgehead atoms. The maximum Gasteiger partial charge on any atom is 0.471 e. The molecule has 1 fully saturated rings. The van der Waals surface area contributed by atoms with Gasteiger partial charge in [-0.3, -0.25) is 33.6 Å². The first-order chi connectivity index (χ1) is 68.7. The number of benzene rings is 11. The van der Waals surface area contributed by atoms with Crippen molar-refractivity contribution in [1.29, 1.82) is 0 Å². The average Bonchev–Trinajstić information content (AvgIpc) is 1.54. The highest BCUT2D eigenvalue weighted by Gasteiger charge is 2.39. The molecule has 25 heteroatoms. The number of aryl methyl sites for hydroxylation is 10. The lowest BCUT2D eigenvalue weighted by Crippen LogP contribution is -2.29. The highest BCUT2D eigenvalue weighted by atomic mass is 19.4. The van der Waals surface area contributed by atoms with Crippen LogP contribution in [0, 0.1) is 11.8 Å². The van der Waals surface area contributed by atoms with Crippen LogP contribution in [-0.2, 0) is 123 Å². The van der Waals surface area contributed by atoms with E-state index in [0.29, 0.717) is 0 Å². The van der Waals surface area contributed by atoms with E-state index < -0.39 is 12.1 Å². The number of hydrogen-bond acceptors (Lipinski definition) is 8. The van der Waals surface area contributed by atoms with E-state index in [-0.39, 0.29) is 59.6 Å². The smallest absolute Gasteiger partial charge is 0.375 e. The van der Waals surface area contributed by atoms with Crippen molar-refractivity contribution < 1.29 is 51.5 Å². The van der Waals surface area contributed by atoms with Crippen LogP contribution in [0.5, 0.6) is 0 Å². The molecule has 4 aliphatic rings. The Morgan fingerprint density at radius 3 is 0.880 bits per heavy atom. The van der Waals surface area contributed by atoms with Crippen LogP contribution in [0.2, 0.25) is 0 Å². The van der Waals surface area contributed by atoms with Crippen molar-refractivity contribution in [2.75, 3.05) is 50.9 Å². The Labute approximate surface area is 825 Å². The zero-order valence-corrected chi connectivity index (χ0v) is 83.6. The van der Waals surface area contributed by atoms with Crippen molar-refractivity contribution in [1.82, 2.24) is 32.0 Å². The predicted octanol–water partition coefficient (Wildman–Crippen LogP) is 26.8. The molecule has 0 unspecified atom stereocenters. The second-order valence-corrected chi connectivity index (χ2v) is 37.2. The molecule has 7 heterocycles. The SMILES string of the molecule is CCn1c2c(c3cc(NC(C)=O)ccc31)CCC2.CCn1c2c(c3cc(NC(C)=O)ccc31)CCCC2.CCn1c2c(c3cc(NC(C)=O)ccc31)CCCCC2.CCn1c2ccccc2c2cc(NC(=O)C(C)C)ccc21.CCn1c2ccccc2c2cc(NC(=O)C(F)(F)F)ccc21.CCn1c2ccccc2c2cc(NC(=O)C3CC3)ccc21.CCn1c2ccccc2c2cc(NC(=O)COC)ccc21. The van der Waals surface area contributed by atoms with Crippen LogP contribution in [-0.4, -0.2) is 93.2 Å². The Morgan fingerprint density at radius 1 is 0.310 bits per heavy atom. The van der Waals surface area contributed by atoms with E-state index in [4.69, 9.17) is 4.74 Å². The molecule has 0 aliphatic heterocycles. The highest BCUT2D eigenvalue weighted by Crippen LogP contribution is 2.42. The number of methoxy groups -OCH3 is 1. The molecule has 11 aromatic carbocycles. The number of carbonyl (C=O) groups excluding carboxylic acids is 7. The Bertz CT molecular complexity index is 7670. The molecule has 0 atom stereocenters. The minimum absolute atomic E-state index is 0.00892. The molecule has 4 aliphatic carbocycles. The van der Waals surface area contributed by atoms with Crippen LogP contribution in [0.1, 0.15) is 168 Å². The Kier molecular flexibility index (Phi) is 31.3. The van der Waals surface area contributed by atoms with Crippen LogP contribution in [0.3, 0.4) is 0 Å². The third-order valence-corrected chi connectivity index (χ3v) is 27.5. The second-order valence-electron chi connectivity index (χ2n) is 37.2. The van der Waals surface area contributed by atoms with E-state index >= 15 is 0 Å². The van der Waals surface area contributed by atoms with Gasteiger partial charge in [0.2, 0.25) is 35.4 Å². The number of aromatic nitrogens is 7. The van der Waals surface area contributed by atoms with Gasteiger partial charge >= 0.3 is 12.1 Å². The fourth-order valence-electron chi connectivity index (χ4n) is 21.1. The number of fused-ring (bicyclic) bond motifs is 21. The summed E-state index contributed by atoms with van der Waals surface area (Å²) >= 11 is 0. The summed E-state index contributed by atoms with van der Waals surface area (Å²) in [6.45, 7) is 30.2. The molecule has 1 saturated carbocycles. The first-order valence-electron chi connectivity index (χ1n) is 50.2. The van der Waals surface area contributed by atoms with Gasteiger partial charge in [0.25, 0.3) is 0 Å². The minimum atomic E-state index is -4.90. The van der Waals surface area contributed by atoms with Gasteiger partial charge in [0, 0.05) is 262 Å². The van der Waals surface area contributed by atoms with Crippen molar-refractivity contribution in [2.24, 2.45) is 11.8 Å². The first kappa shape index (κ1) is 100. The molecule has 7 amide bonds. The topological polar surface area (TPSA) is 247 Å². The summed E-state index contributed by atoms with van der Waals surface area (Å²) in [7, 11) is 1.51. The van der Waals surface area contributed by atoms with E-state index in [9.17, 15) is 46.7 Å². The Hall–Kier alpha value is -14.7. The van der Waals surface area contributed by atoms with Gasteiger partial charge in [0.15, 0.2) is 0 Å². The molecule has 18 aromatic rings. The standard InChI is InChI=1S/C18H18N2O.C18H20N2O.C17H18N2O2.C17H22N2O.C16H13F3N2O.C16H20N2O.C15H18N2O/c1-2-20-16-6-4-3-5-14(16)15-11-13(9-10-17(15)20)19-18(21)12-7-8-12;1-4-20-16-8-6-5-7-14(16)15-11-13(9-10-17(15)20)19-18(21)12(2)3;1-3-19-15-7-5-4-6-13(15)14-10-12(8-9-16(14)19)18-17(20)11-21-2;1-3-19-16-8-6-4-5-7-14(16)15-11-13(18-12(2)20)9-10-17(15)19;1-2-21-13-6-4-3-5-11(13)12-9-10(7-8-14(12)21)20-15(22)16(17,18)19;1-3-18-15-7-5-4-6-13(15)14-10-12(17-11(2)19)8-9-16(14)18;1-3-17-14-6-4-5-12(14)13-9-11(16-10(2)18)7-8-15(13)17/h3-6,9-12H,2,7-8H2,1H3,(H,19,21);5-12H,4H2,1-3H3,(H,19,21);4-10H,3,11H2,1-2H3,(H,18,20);9-11H,3-8H2,1-2H3,(H,18,20);3-9H,2H2,1H3,(H,20,22);8-10H,3-7H2,1-2H3,(H,17,19);7-9H,3-6H2,1-2H3,(H,16,18). The zero-order valence-electron chi connectivity index (χ0n) is 83.6. The number of carbonyl (C=O) groups is 7. The molecule has 0 saturated heterocycles. The number of anilines is 7. The number of halogens is 3. The summed E-state index contributed by atoms with van der Waals surface area (Å²) in [5.41, 5.74) is 27.6. The zero-order chi connectivity index (χ0) is 100. The van der Waals surface area contributed by atoms with Crippen LogP contribution in [0.15, 0.2) is 224 Å². The third-order valence-electron chi connectivity index (χ3n) is 27.5. The lowest BCUT2D eigenvalue weighted by Gasteiger charge is -2.14. The molecule has 7 N–H and O–H groups in total. The van der Waals surface area contributed by atoms with E-state index in [2.05, 4.69) is 239 Å². The maximum absolute atomic E-state index is 12.3. The molecule has 0 spiro atoms. The predicted molar refractivity (Wildman–Crippen MR) is 576 cm³/mol. The van der Waals surface area contributed by atoms with Gasteiger partial charge in [-0.25, -0.2) is 0 Å². The lowest BCUT2D eigenvalue weighted by atomic mass is 9.95. The minimum Gasteiger partial charge on any atom is -0.375 e. The quantitative estimate of drug-likeness (QED) is 0.0406. The summed E-state index contributed by atoms with van der Waals surface area (Å²) in [6, 6.07) is 74.8. The number of alkyl halides is 3. The lowest BCUT2D eigenvalue weighted by molar-refractivity contribution is -0.167. The maximum atomic E-state index is 12.3. The molecule has 0 radical (unpaired) electrons. The van der Waals surface area contributed by atoms with Gasteiger partial charge in [-0.1, -0.05) is 93.1 Å². The van der Waals surface area contributed by atoms with E-state index in [1.54, 1.807) is 32.9 Å². The summed E-state index contributed by atoms with van der Waals surface area (Å²) in [5, 5.41) is 32.4. The summed E-state index contributed by atoms with van der Waals surface area (Å²) in [5.74, 6) is -1.71. The van der Waals surface area contributed by atoms with E-state index in [1.165, 1.54) is 217 Å². The molecule has 7 aromatic heterocycles. The van der Waals surface area contributed by atoms with Crippen LogP contribution < -0.4 is 37.2 Å². The monoisotopic (exact) mass is 1920 g/mol. The van der Waals surface area contributed by atoms with E-state index in [0.717, 1.165) is 120 Å². The average molecular weight is 1920 g/mol. The van der Waals surface area contributed by atoms with Crippen molar-refractivity contribution in [3.63, 3.8) is 0 Å². The van der Waals surface area contributed by atoms with Crippen LogP contribution >= 0.6 is 0 Å². The van der Waals surface area contributed by atoms with Gasteiger partial charge in [-0.2, -0.15) is 13.2 Å². The number of para-hydroxylation sites is 4.